The normalized spacial score (nSPS) is 15.0. The van der Waals surface area contributed by atoms with Crippen LogP contribution in [0.1, 0.15) is 34.1 Å². The van der Waals surface area contributed by atoms with Gasteiger partial charge in [-0.1, -0.05) is 27.7 Å². The first kappa shape index (κ1) is 23.9. The molecule has 0 aromatic carbocycles. The van der Waals surface area contributed by atoms with Crippen molar-refractivity contribution in [2.45, 2.75) is 52.4 Å². The third-order valence-electron chi connectivity index (χ3n) is 3.89. The third kappa shape index (κ3) is 11.2. The Bertz CT molecular complexity index is 380. The highest BCUT2D eigenvalue weighted by molar-refractivity contribution is 5.92. The van der Waals surface area contributed by atoms with E-state index in [0.717, 1.165) is 26.2 Å². The fourth-order valence-electron chi connectivity index (χ4n) is 2.05. The molecule has 3 atom stereocenters. The summed E-state index contributed by atoms with van der Waals surface area (Å²) in [7, 11) is 0. The van der Waals surface area contributed by atoms with Crippen LogP contribution in [-0.2, 0) is 9.59 Å². The van der Waals surface area contributed by atoms with Crippen LogP contribution in [0.2, 0.25) is 0 Å². The maximum atomic E-state index is 11.8. The van der Waals surface area contributed by atoms with Gasteiger partial charge in [-0.15, -0.1) is 0 Å². The van der Waals surface area contributed by atoms with Gasteiger partial charge in [0.25, 0.3) is 5.91 Å². The highest BCUT2D eigenvalue weighted by Crippen LogP contribution is 2.08. The molecular weight excluding hydrogens is 324 g/mol. The lowest BCUT2D eigenvalue weighted by Gasteiger charge is -2.19. The van der Waals surface area contributed by atoms with Gasteiger partial charge in [0.1, 0.15) is 6.10 Å². The number of hydrogen-bond acceptors (Lipinski definition) is 7. The van der Waals surface area contributed by atoms with Crippen LogP contribution in [0.25, 0.3) is 0 Å². The van der Waals surface area contributed by atoms with Crippen molar-refractivity contribution in [3.05, 3.63) is 0 Å². The van der Waals surface area contributed by atoms with E-state index in [0.29, 0.717) is 25.6 Å². The van der Waals surface area contributed by atoms with Crippen molar-refractivity contribution in [1.82, 2.24) is 21.3 Å². The molecule has 0 rings (SSSR count). The zero-order valence-corrected chi connectivity index (χ0v) is 16.0. The number of Topliss-reactive ketones (excluding diaryl/α,β-unsaturated/α-hetero) is 1. The van der Waals surface area contributed by atoms with Crippen molar-refractivity contribution in [2.24, 2.45) is 5.92 Å². The molecule has 0 spiro atoms. The van der Waals surface area contributed by atoms with Gasteiger partial charge in [-0.3, -0.25) is 9.59 Å². The number of ketones is 1. The molecule has 0 aliphatic rings. The van der Waals surface area contributed by atoms with E-state index in [9.17, 15) is 19.8 Å². The fourth-order valence-corrected chi connectivity index (χ4v) is 2.05. The van der Waals surface area contributed by atoms with E-state index in [1.165, 1.54) is 0 Å². The summed E-state index contributed by atoms with van der Waals surface area (Å²) in [5.74, 6) is -1.63. The average molecular weight is 360 g/mol. The van der Waals surface area contributed by atoms with E-state index in [4.69, 9.17) is 0 Å². The van der Waals surface area contributed by atoms with Gasteiger partial charge in [-0.2, -0.15) is 0 Å². The lowest BCUT2D eigenvalue weighted by molar-refractivity contribution is -0.146. The first-order valence-electron chi connectivity index (χ1n) is 9.13. The van der Waals surface area contributed by atoms with Crippen molar-refractivity contribution < 1.29 is 19.8 Å². The lowest BCUT2D eigenvalue weighted by Crippen LogP contribution is -2.48. The largest absolute Gasteiger partial charge is 0.382 e. The lowest BCUT2D eigenvalue weighted by atomic mass is 9.96. The SMILES string of the molecule is CCC(C)C(=O)[C@H](O)[C@@H](O)C(=O)NCCNCCNCCNC(C)C. The molecule has 8 heteroatoms. The van der Waals surface area contributed by atoms with E-state index in [-0.39, 0.29) is 5.92 Å². The highest BCUT2D eigenvalue weighted by atomic mass is 16.3. The summed E-state index contributed by atoms with van der Waals surface area (Å²) in [5, 5.41) is 31.7. The van der Waals surface area contributed by atoms with E-state index in [1.54, 1.807) is 6.92 Å². The molecule has 0 fully saturated rings. The first-order valence-corrected chi connectivity index (χ1v) is 9.13. The van der Waals surface area contributed by atoms with Crippen molar-refractivity contribution >= 4 is 11.7 Å². The monoisotopic (exact) mass is 360 g/mol. The Hall–Kier alpha value is -1.06. The second-order valence-electron chi connectivity index (χ2n) is 6.50. The maximum absolute atomic E-state index is 11.8. The van der Waals surface area contributed by atoms with Gasteiger partial charge in [-0.05, 0) is 6.42 Å². The number of rotatable bonds is 15. The number of amides is 1. The van der Waals surface area contributed by atoms with Crippen molar-refractivity contribution in [2.75, 3.05) is 39.3 Å². The second-order valence-corrected chi connectivity index (χ2v) is 6.50. The summed E-state index contributed by atoms with van der Waals surface area (Å²) in [6, 6.07) is 0.484. The number of carbonyl (C=O) groups excluding carboxylic acids is 2. The molecule has 0 aromatic heterocycles. The summed E-state index contributed by atoms with van der Waals surface area (Å²) >= 11 is 0. The summed E-state index contributed by atoms with van der Waals surface area (Å²) in [4.78, 5) is 23.5. The van der Waals surface area contributed by atoms with Gasteiger partial charge in [0.05, 0.1) is 0 Å². The molecular formula is C17H36N4O4. The number of aliphatic hydroxyl groups is 2. The zero-order chi connectivity index (χ0) is 19.2. The molecule has 0 aliphatic carbocycles. The van der Waals surface area contributed by atoms with Crippen LogP contribution in [0.4, 0.5) is 0 Å². The van der Waals surface area contributed by atoms with Crippen molar-refractivity contribution in [3.8, 4) is 0 Å². The average Bonchev–Trinajstić information content (AvgIpc) is 2.59. The summed E-state index contributed by atoms with van der Waals surface area (Å²) in [6.07, 6.45) is -2.85. The second kappa shape index (κ2) is 14.1. The van der Waals surface area contributed by atoms with E-state index in [1.807, 2.05) is 6.92 Å². The number of nitrogens with one attached hydrogen (secondary N) is 4. The molecule has 0 bridgehead atoms. The Labute approximate surface area is 151 Å². The van der Waals surface area contributed by atoms with Gasteiger partial charge in [0.2, 0.25) is 0 Å². The minimum atomic E-state index is -1.73. The van der Waals surface area contributed by atoms with Gasteiger partial charge in [-0.25, -0.2) is 0 Å². The minimum Gasteiger partial charge on any atom is -0.382 e. The fraction of sp³-hybridized carbons (Fsp3) is 0.882. The molecule has 0 saturated heterocycles. The van der Waals surface area contributed by atoms with Gasteiger partial charge < -0.3 is 31.5 Å². The predicted octanol–water partition coefficient (Wildman–Crippen LogP) is -1.38. The Balaban J connectivity index is 3.71. The van der Waals surface area contributed by atoms with E-state index < -0.39 is 23.9 Å². The number of carbonyl (C=O) groups is 2. The summed E-state index contributed by atoms with van der Waals surface area (Å²) < 4.78 is 0. The smallest absolute Gasteiger partial charge is 0.252 e. The van der Waals surface area contributed by atoms with E-state index in [2.05, 4.69) is 35.1 Å². The molecule has 25 heavy (non-hydrogen) atoms. The van der Waals surface area contributed by atoms with Crippen LogP contribution in [0.5, 0.6) is 0 Å². The third-order valence-corrected chi connectivity index (χ3v) is 3.89. The molecule has 8 nitrogen and oxygen atoms in total. The van der Waals surface area contributed by atoms with E-state index >= 15 is 0 Å². The molecule has 148 valence electrons. The van der Waals surface area contributed by atoms with Gasteiger partial charge in [0, 0.05) is 51.2 Å². The van der Waals surface area contributed by atoms with Crippen LogP contribution in [0.3, 0.4) is 0 Å². The quantitative estimate of drug-likeness (QED) is 0.199. The Morgan fingerprint density at radius 2 is 1.36 bits per heavy atom. The first-order chi connectivity index (χ1) is 11.8. The van der Waals surface area contributed by atoms with Crippen LogP contribution in [-0.4, -0.2) is 79.4 Å². The highest BCUT2D eigenvalue weighted by Gasteiger charge is 2.31. The number of aliphatic hydroxyl groups excluding tert-OH is 2. The minimum absolute atomic E-state index is 0.315. The van der Waals surface area contributed by atoms with Crippen molar-refractivity contribution in [3.63, 3.8) is 0 Å². The van der Waals surface area contributed by atoms with Gasteiger partial charge in [0.15, 0.2) is 11.9 Å². The molecule has 0 heterocycles. The van der Waals surface area contributed by atoms with Crippen LogP contribution in [0.15, 0.2) is 0 Å². The summed E-state index contributed by atoms with van der Waals surface area (Å²) in [6.45, 7) is 11.9. The summed E-state index contributed by atoms with van der Waals surface area (Å²) in [5.41, 5.74) is 0. The Morgan fingerprint density at radius 1 is 0.840 bits per heavy atom. The molecule has 6 N–H and O–H groups in total. The maximum Gasteiger partial charge on any atom is 0.252 e. The molecule has 0 radical (unpaired) electrons. The standard InChI is InChI=1S/C17H36N4O4/c1-5-13(4)14(22)15(23)16(24)17(25)21-11-9-19-7-6-18-8-10-20-12(2)3/h12-13,15-16,18-20,23-24H,5-11H2,1-4H3,(H,21,25)/t13?,15-,16+/m0/s1. The van der Waals surface area contributed by atoms with Crippen LogP contribution >= 0.6 is 0 Å². The van der Waals surface area contributed by atoms with Crippen LogP contribution in [0, 0.1) is 5.92 Å². The van der Waals surface area contributed by atoms with Gasteiger partial charge >= 0.3 is 0 Å². The van der Waals surface area contributed by atoms with Crippen LogP contribution < -0.4 is 21.3 Å². The molecule has 1 unspecified atom stereocenters. The Morgan fingerprint density at radius 3 is 1.88 bits per heavy atom. The zero-order valence-electron chi connectivity index (χ0n) is 16.0. The molecule has 0 aliphatic heterocycles. The predicted molar refractivity (Wildman–Crippen MR) is 98.4 cm³/mol. The number of hydrogen-bond donors (Lipinski definition) is 6. The molecule has 0 saturated carbocycles. The molecule has 0 aromatic rings. The Kier molecular flexibility index (Phi) is 13.5. The molecule has 1 amide bonds. The van der Waals surface area contributed by atoms with Crippen molar-refractivity contribution in [1.29, 1.82) is 0 Å². The topological polar surface area (TPSA) is 123 Å².